The van der Waals surface area contributed by atoms with Gasteiger partial charge in [-0.15, -0.1) is 13.2 Å². The summed E-state index contributed by atoms with van der Waals surface area (Å²) in [5.74, 6) is 0.185. The number of ketones is 1. The van der Waals surface area contributed by atoms with Gasteiger partial charge in [-0.25, -0.2) is 4.98 Å². The van der Waals surface area contributed by atoms with Crippen LogP contribution in [0.4, 0.5) is 42.0 Å². The molecule has 0 aliphatic rings. The van der Waals surface area contributed by atoms with Gasteiger partial charge < -0.3 is 24.2 Å². The van der Waals surface area contributed by atoms with Gasteiger partial charge in [0.1, 0.15) is 16.6 Å². The van der Waals surface area contributed by atoms with Crippen molar-refractivity contribution >= 4 is 57.5 Å². The number of Topliss-reactive ketones (excluding diaryl/α,β-unsaturated/α-hetero) is 1. The van der Waals surface area contributed by atoms with Crippen molar-refractivity contribution < 1.29 is 31.5 Å². The minimum atomic E-state index is -4.77. The first-order valence-electron chi connectivity index (χ1n) is 11.9. The first kappa shape index (κ1) is 29.8. The highest BCUT2D eigenvalue weighted by atomic mass is 35.5. The number of ether oxygens (including phenoxy) is 1. The molecule has 0 radical (unpaired) electrons. The summed E-state index contributed by atoms with van der Waals surface area (Å²) >= 11 is 3.90. The fourth-order valence-electron chi connectivity index (χ4n) is 3.83. The number of nitrogens with one attached hydrogen (secondary N) is 2. The van der Waals surface area contributed by atoms with Gasteiger partial charge in [0.2, 0.25) is 5.95 Å². The van der Waals surface area contributed by atoms with E-state index in [2.05, 4.69) is 24.7 Å². The maximum absolute atomic E-state index is 12.5. The molecule has 9 nitrogen and oxygen atoms in total. The molecule has 0 amide bonds. The number of alkyl halides is 3. The van der Waals surface area contributed by atoms with Gasteiger partial charge in [0.25, 0.3) is 0 Å². The quantitative estimate of drug-likeness (QED) is 0.197. The topological polar surface area (TPSA) is 120 Å². The van der Waals surface area contributed by atoms with Crippen molar-refractivity contribution in [2.45, 2.75) is 19.2 Å². The second-order valence-corrected chi connectivity index (χ2v) is 9.80. The number of rotatable bonds is 11. The van der Waals surface area contributed by atoms with E-state index in [0.29, 0.717) is 27.8 Å². The highest BCUT2D eigenvalue weighted by Gasteiger charge is 2.31. The Morgan fingerprint density at radius 3 is 2.24 bits per heavy atom. The maximum Gasteiger partial charge on any atom is 0.573 e. The maximum atomic E-state index is 12.5. The van der Waals surface area contributed by atoms with Crippen LogP contribution in [0.1, 0.15) is 11.1 Å². The summed E-state index contributed by atoms with van der Waals surface area (Å²) < 4.78 is 64.9. The molecule has 0 saturated heterocycles. The van der Waals surface area contributed by atoms with Crippen LogP contribution in [0.3, 0.4) is 0 Å². The molecule has 3 aromatic carbocycles. The van der Waals surface area contributed by atoms with Crippen molar-refractivity contribution in [1.82, 2.24) is 9.97 Å². The summed E-state index contributed by atoms with van der Waals surface area (Å²) in [6, 6.07) is 18.9. The number of hydrogen-bond donors (Lipinski definition) is 2. The molecule has 1 atom stereocenters. The molecule has 0 saturated carbocycles. The molecule has 1 heterocycles. The Balaban J connectivity index is 1.39. The smallest absolute Gasteiger partial charge is 0.573 e. The van der Waals surface area contributed by atoms with Gasteiger partial charge in [-0.1, -0.05) is 41.9 Å². The van der Waals surface area contributed by atoms with E-state index in [1.54, 1.807) is 60.5 Å². The van der Waals surface area contributed by atoms with Gasteiger partial charge in [-0.2, -0.15) is 4.98 Å². The molecule has 0 spiro atoms. The van der Waals surface area contributed by atoms with Crippen LogP contribution in [0.15, 0.2) is 79.0 Å². The van der Waals surface area contributed by atoms with Gasteiger partial charge in [-0.05, 0) is 53.6 Å². The van der Waals surface area contributed by atoms with Crippen molar-refractivity contribution in [3.63, 3.8) is 0 Å². The molecule has 1 unspecified atom stereocenters. The number of halogens is 4. The molecule has 14 heteroatoms. The van der Waals surface area contributed by atoms with E-state index in [1.807, 2.05) is 0 Å². The predicted molar refractivity (Wildman–Crippen MR) is 149 cm³/mol. The van der Waals surface area contributed by atoms with Crippen molar-refractivity contribution in [2.24, 2.45) is 0 Å². The average Bonchev–Trinajstić information content (AvgIpc) is 2.90. The molecule has 0 fully saturated rings. The van der Waals surface area contributed by atoms with Crippen LogP contribution in [-0.2, 0) is 28.9 Å². The van der Waals surface area contributed by atoms with E-state index in [-0.39, 0.29) is 30.3 Å². The predicted octanol–water partition coefficient (Wildman–Crippen LogP) is 6.10. The van der Waals surface area contributed by atoms with Crippen molar-refractivity contribution in [2.75, 3.05) is 22.0 Å². The Hall–Kier alpha value is -4.20. The SMILES string of the molecule is CN(c1ccc(CC(=O)Cc2ccc(OC(F)(F)F)cc2)cc1)c1nc(Nc2cccc(NS(=O)[O-])c2)ncc1Cl. The van der Waals surface area contributed by atoms with Crippen LogP contribution in [-0.4, -0.2) is 37.9 Å². The first-order valence-corrected chi connectivity index (χ1v) is 13.3. The van der Waals surface area contributed by atoms with Crippen LogP contribution in [0.25, 0.3) is 0 Å². The summed E-state index contributed by atoms with van der Waals surface area (Å²) in [6.45, 7) is 0. The lowest BCUT2D eigenvalue weighted by Crippen LogP contribution is -2.17. The minimum Gasteiger partial charge on any atom is -0.755 e. The average molecular weight is 605 g/mol. The number of nitrogens with zero attached hydrogens (tertiary/aromatic N) is 3. The first-order chi connectivity index (χ1) is 19.4. The molecular weight excluding hydrogens is 583 g/mol. The number of carbonyl (C=O) groups excluding carboxylic acids is 1. The van der Waals surface area contributed by atoms with Gasteiger partial charge >= 0.3 is 6.36 Å². The molecule has 41 heavy (non-hydrogen) atoms. The van der Waals surface area contributed by atoms with E-state index in [9.17, 15) is 26.7 Å². The van der Waals surface area contributed by atoms with E-state index in [1.165, 1.54) is 30.5 Å². The van der Waals surface area contributed by atoms with Crippen LogP contribution in [0.5, 0.6) is 5.75 Å². The standard InChI is InChI=1S/C27H23ClF3N5O4S/c1-36(25-24(28)16-32-26(34-25)33-19-3-2-4-20(15-19)35-41(38)39)21-9-5-17(6-10-21)13-22(37)14-18-7-11-23(12-8-18)40-27(29,30)31/h2-12,15-16,35H,13-14H2,1H3,(H,38,39)(H,32,33,34)/p-1. The zero-order valence-electron chi connectivity index (χ0n) is 21.3. The van der Waals surface area contributed by atoms with Crippen LogP contribution in [0, 0.1) is 0 Å². The molecule has 0 aliphatic heterocycles. The van der Waals surface area contributed by atoms with Gasteiger partial charge in [-0.3, -0.25) is 9.00 Å². The Bertz CT molecular complexity index is 1540. The Morgan fingerprint density at radius 2 is 1.63 bits per heavy atom. The summed E-state index contributed by atoms with van der Waals surface area (Å²) in [5, 5.41) is 3.30. The fourth-order valence-corrected chi connectivity index (χ4v) is 4.36. The lowest BCUT2D eigenvalue weighted by atomic mass is 10.0. The third-order valence-corrected chi connectivity index (χ3v) is 6.32. The number of anilines is 5. The number of aromatic nitrogens is 2. The Morgan fingerprint density at radius 1 is 1.02 bits per heavy atom. The van der Waals surface area contributed by atoms with Gasteiger partial charge in [0.05, 0.1) is 6.20 Å². The summed E-state index contributed by atoms with van der Waals surface area (Å²) in [7, 11) is 1.76. The number of carbonyl (C=O) groups is 1. The monoisotopic (exact) mass is 604 g/mol. The number of hydrogen-bond acceptors (Lipinski definition) is 8. The molecule has 214 valence electrons. The van der Waals surface area contributed by atoms with Gasteiger partial charge in [0.15, 0.2) is 5.82 Å². The zero-order chi connectivity index (χ0) is 29.6. The van der Waals surface area contributed by atoms with E-state index in [4.69, 9.17) is 11.6 Å². The zero-order valence-corrected chi connectivity index (χ0v) is 22.9. The molecular formula is C27H22ClF3N5O4S-. The third-order valence-electron chi connectivity index (χ3n) is 5.65. The van der Waals surface area contributed by atoms with Crippen molar-refractivity contribution in [3.8, 4) is 5.75 Å². The molecule has 1 aromatic heterocycles. The van der Waals surface area contributed by atoms with Crippen LogP contribution >= 0.6 is 11.6 Å². The molecule has 0 aliphatic carbocycles. The fraction of sp³-hybridized carbons (Fsp3) is 0.148. The van der Waals surface area contributed by atoms with Crippen LogP contribution < -0.4 is 19.7 Å². The van der Waals surface area contributed by atoms with Crippen molar-refractivity contribution in [3.05, 3.63) is 95.1 Å². The highest BCUT2D eigenvalue weighted by Crippen LogP contribution is 2.30. The summed E-state index contributed by atoms with van der Waals surface area (Å²) in [5.41, 5.74) is 2.98. The number of benzene rings is 3. The Labute approximate surface area is 240 Å². The second kappa shape index (κ2) is 13.0. The molecule has 4 rings (SSSR count). The van der Waals surface area contributed by atoms with E-state index < -0.39 is 17.6 Å². The molecule has 2 N–H and O–H groups in total. The van der Waals surface area contributed by atoms with Gasteiger partial charge in [0, 0.05) is 48.2 Å². The van der Waals surface area contributed by atoms with Crippen molar-refractivity contribution in [1.29, 1.82) is 0 Å². The largest absolute Gasteiger partial charge is 0.755 e. The summed E-state index contributed by atoms with van der Waals surface area (Å²) in [6.07, 6.45) is -3.13. The lowest BCUT2D eigenvalue weighted by molar-refractivity contribution is -0.274. The van der Waals surface area contributed by atoms with E-state index >= 15 is 0 Å². The second-order valence-electron chi connectivity index (χ2n) is 8.72. The summed E-state index contributed by atoms with van der Waals surface area (Å²) in [4.78, 5) is 23.0. The minimum absolute atomic E-state index is 0.0635. The van der Waals surface area contributed by atoms with Crippen LogP contribution in [0.2, 0.25) is 5.02 Å². The third kappa shape index (κ3) is 8.90. The molecule has 4 aromatic rings. The highest BCUT2D eigenvalue weighted by molar-refractivity contribution is 7.80. The normalized spacial score (nSPS) is 12.0. The lowest BCUT2D eigenvalue weighted by Gasteiger charge is -2.20. The molecule has 0 bridgehead atoms. The van der Waals surface area contributed by atoms with E-state index in [0.717, 1.165) is 11.3 Å². The Kier molecular flexibility index (Phi) is 9.42.